The molecule has 1 fully saturated rings. The molecule has 3 rings (SSSR count). The summed E-state index contributed by atoms with van der Waals surface area (Å²) in [6.45, 7) is 5.27. The van der Waals surface area contributed by atoms with Crippen LogP contribution in [-0.4, -0.2) is 56.0 Å². The van der Waals surface area contributed by atoms with Gasteiger partial charge in [-0.05, 0) is 45.0 Å². The Labute approximate surface area is 146 Å². The van der Waals surface area contributed by atoms with Gasteiger partial charge in [0.05, 0.1) is 11.3 Å². The van der Waals surface area contributed by atoms with Crippen molar-refractivity contribution in [1.29, 1.82) is 0 Å². The van der Waals surface area contributed by atoms with Gasteiger partial charge in [-0.2, -0.15) is 0 Å². The highest BCUT2D eigenvalue weighted by atomic mass is 35.5. The van der Waals surface area contributed by atoms with E-state index in [-0.39, 0.29) is 11.8 Å². The van der Waals surface area contributed by atoms with Crippen molar-refractivity contribution in [2.45, 2.75) is 25.9 Å². The van der Waals surface area contributed by atoms with Gasteiger partial charge in [0.1, 0.15) is 0 Å². The largest absolute Gasteiger partial charge is 0.478 e. The highest BCUT2D eigenvalue weighted by Gasteiger charge is 2.32. The third-order valence-corrected chi connectivity index (χ3v) is 4.74. The Balaban J connectivity index is 1.76. The first-order valence-corrected chi connectivity index (χ1v) is 8.63. The van der Waals surface area contributed by atoms with Gasteiger partial charge in [0, 0.05) is 25.2 Å². The molecule has 1 atom stereocenters. The fraction of sp³-hybridized carbons (Fsp3) is 0.529. The maximum atomic E-state index is 12.6. The number of fused-ring (bicyclic) bond motifs is 1. The fourth-order valence-electron chi connectivity index (χ4n) is 3.17. The number of anilines is 1. The van der Waals surface area contributed by atoms with Crippen molar-refractivity contribution < 1.29 is 14.3 Å². The Bertz CT molecular complexity index is 659. The summed E-state index contributed by atoms with van der Waals surface area (Å²) in [6, 6.07) is 3.23. The van der Waals surface area contributed by atoms with Crippen LogP contribution in [0.25, 0.3) is 0 Å². The number of nitrogens with zero attached hydrogens (tertiary/aromatic N) is 2. The molecule has 130 valence electrons. The Hall–Kier alpha value is -1.79. The Morgan fingerprint density at radius 2 is 2.08 bits per heavy atom. The van der Waals surface area contributed by atoms with Crippen LogP contribution in [0.5, 0.6) is 5.75 Å². The summed E-state index contributed by atoms with van der Waals surface area (Å²) in [5, 5.41) is 3.32. The number of hydrogen-bond donors (Lipinski definition) is 1. The van der Waals surface area contributed by atoms with E-state index in [0.717, 1.165) is 19.6 Å². The lowest BCUT2D eigenvalue weighted by molar-refractivity contribution is -0.125. The maximum Gasteiger partial charge on any atom is 0.267 e. The molecule has 1 aromatic rings. The molecule has 1 N–H and O–H groups in total. The van der Waals surface area contributed by atoms with Crippen LogP contribution >= 0.6 is 11.6 Å². The number of likely N-dealkylation sites (tertiary alicyclic amines) is 1. The molecule has 1 aromatic carbocycles. The van der Waals surface area contributed by atoms with Gasteiger partial charge in [-0.15, -0.1) is 0 Å². The van der Waals surface area contributed by atoms with Crippen molar-refractivity contribution in [3.8, 4) is 5.75 Å². The molecule has 7 heteroatoms. The van der Waals surface area contributed by atoms with Crippen LogP contribution in [0.2, 0.25) is 5.02 Å². The second kappa shape index (κ2) is 6.99. The summed E-state index contributed by atoms with van der Waals surface area (Å²) in [4.78, 5) is 28.4. The van der Waals surface area contributed by atoms with Gasteiger partial charge in [-0.3, -0.25) is 9.59 Å². The van der Waals surface area contributed by atoms with Crippen molar-refractivity contribution in [2.75, 3.05) is 38.1 Å². The van der Waals surface area contributed by atoms with Gasteiger partial charge >= 0.3 is 0 Å². The monoisotopic (exact) mass is 351 g/mol. The summed E-state index contributed by atoms with van der Waals surface area (Å²) in [7, 11) is 1.66. The molecule has 0 aromatic heterocycles. The predicted octanol–water partition coefficient (Wildman–Crippen LogP) is 1.91. The number of carbonyl (C=O) groups is 2. The molecule has 0 spiro atoms. The highest BCUT2D eigenvalue weighted by molar-refractivity contribution is 6.31. The van der Waals surface area contributed by atoms with Gasteiger partial charge in [-0.25, -0.2) is 0 Å². The van der Waals surface area contributed by atoms with Crippen LogP contribution < -0.4 is 15.0 Å². The first-order chi connectivity index (χ1) is 11.5. The number of nitrogens with one attached hydrogen (secondary N) is 1. The first kappa shape index (κ1) is 17.0. The van der Waals surface area contributed by atoms with E-state index in [2.05, 4.69) is 10.2 Å². The highest BCUT2D eigenvalue weighted by Crippen LogP contribution is 2.38. The zero-order valence-corrected chi connectivity index (χ0v) is 14.7. The lowest BCUT2D eigenvalue weighted by atomic mass is 10.1. The molecule has 2 heterocycles. The number of amides is 2. The minimum atomic E-state index is -0.625. The third kappa shape index (κ3) is 3.35. The Kier molecular flexibility index (Phi) is 4.96. The average Bonchev–Trinajstić information content (AvgIpc) is 3.06. The zero-order chi connectivity index (χ0) is 17.3. The van der Waals surface area contributed by atoms with Crippen LogP contribution in [0, 0.1) is 0 Å². The lowest BCUT2D eigenvalue weighted by Crippen LogP contribution is -2.43. The molecular weight excluding hydrogens is 330 g/mol. The number of ether oxygens (including phenoxy) is 1. The van der Waals surface area contributed by atoms with Gasteiger partial charge in [0.2, 0.25) is 0 Å². The number of benzene rings is 1. The minimum absolute atomic E-state index is 0.162. The standard InChI is InChI=1S/C17H22ClN3O3/c1-11-17(23)20(2)14-10-12(18)9-13(15(14)24-11)16(22)19-5-8-21-6-3-4-7-21/h9-11H,3-8H2,1-2H3,(H,19,22). The molecule has 0 bridgehead atoms. The summed E-state index contributed by atoms with van der Waals surface area (Å²) in [5.74, 6) is 0.0146. The minimum Gasteiger partial charge on any atom is -0.478 e. The van der Waals surface area contributed by atoms with E-state index >= 15 is 0 Å². The quantitative estimate of drug-likeness (QED) is 0.900. The SMILES string of the molecule is CC1Oc2c(C(=O)NCCN3CCCC3)cc(Cl)cc2N(C)C1=O. The van der Waals surface area contributed by atoms with Crippen molar-refractivity contribution in [3.63, 3.8) is 0 Å². The van der Waals surface area contributed by atoms with Crippen molar-refractivity contribution in [3.05, 3.63) is 22.7 Å². The Morgan fingerprint density at radius 3 is 2.79 bits per heavy atom. The molecule has 0 aliphatic carbocycles. The maximum absolute atomic E-state index is 12.6. The molecule has 0 saturated carbocycles. The lowest BCUT2D eigenvalue weighted by Gasteiger charge is -2.31. The van der Waals surface area contributed by atoms with E-state index in [1.165, 1.54) is 17.7 Å². The molecule has 0 radical (unpaired) electrons. The van der Waals surface area contributed by atoms with Crippen LogP contribution in [-0.2, 0) is 4.79 Å². The number of halogens is 1. The van der Waals surface area contributed by atoms with Crippen molar-refractivity contribution in [2.24, 2.45) is 0 Å². The summed E-state index contributed by atoms with van der Waals surface area (Å²) in [6.07, 6.45) is 1.82. The first-order valence-electron chi connectivity index (χ1n) is 8.25. The topological polar surface area (TPSA) is 61.9 Å². The van der Waals surface area contributed by atoms with E-state index in [9.17, 15) is 9.59 Å². The van der Waals surface area contributed by atoms with Gasteiger partial charge in [0.25, 0.3) is 11.8 Å². The normalized spacial score (nSPS) is 20.7. The molecule has 1 saturated heterocycles. The van der Waals surface area contributed by atoms with Crippen molar-refractivity contribution in [1.82, 2.24) is 10.2 Å². The van der Waals surface area contributed by atoms with Gasteiger partial charge in [0.15, 0.2) is 11.9 Å². The number of hydrogen-bond acceptors (Lipinski definition) is 4. The van der Waals surface area contributed by atoms with E-state index in [4.69, 9.17) is 16.3 Å². The molecule has 6 nitrogen and oxygen atoms in total. The van der Waals surface area contributed by atoms with Crippen molar-refractivity contribution >= 4 is 29.1 Å². The number of rotatable bonds is 4. The molecular formula is C17H22ClN3O3. The molecule has 2 aliphatic rings. The van der Waals surface area contributed by atoms with E-state index in [1.807, 2.05) is 0 Å². The zero-order valence-electron chi connectivity index (χ0n) is 14.0. The summed E-state index contributed by atoms with van der Waals surface area (Å²) in [5.41, 5.74) is 0.889. The van der Waals surface area contributed by atoms with E-state index in [0.29, 0.717) is 28.6 Å². The van der Waals surface area contributed by atoms with E-state index < -0.39 is 6.10 Å². The van der Waals surface area contributed by atoms with Crippen LogP contribution in [0.15, 0.2) is 12.1 Å². The second-order valence-electron chi connectivity index (χ2n) is 6.26. The number of carbonyl (C=O) groups excluding carboxylic acids is 2. The van der Waals surface area contributed by atoms with E-state index in [1.54, 1.807) is 26.1 Å². The smallest absolute Gasteiger partial charge is 0.267 e. The summed E-state index contributed by atoms with van der Waals surface area (Å²) < 4.78 is 5.68. The fourth-order valence-corrected chi connectivity index (χ4v) is 3.38. The molecule has 24 heavy (non-hydrogen) atoms. The number of likely N-dealkylation sites (N-methyl/N-ethyl adjacent to an activating group) is 1. The Morgan fingerprint density at radius 1 is 1.38 bits per heavy atom. The van der Waals surface area contributed by atoms with Gasteiger partial charge in [-0.1, -0.05) is 11.6 Å². The average molecular weight is 352 g/mol. The summed E-state index contributed by atoms with van der Waals surface area (Å²) >= 11 is 6.13. The van der Waals surface area contributed by atoms with Crippen LogP contribution in [0.1, 0.15) is 30.1 Å². The van der Waals surface area contributed by atoms with Crippen LogP contribution in [0.4, 0.5) is 5.69 Å². The predicted molar refractivity (Wildman–Crippen MR) is 93.0 cm³/mol. The third-order valence-electron chi connectivity index (χ3n) is 4.53. The molecule has 2 amide bonds. The van der Waals surface area contributed by atoms with Crippen LogP contribution in [0.3, 0.4) is 0 Å². The van der Waals surface area contributed by atoms with Gasteiger partial charge < -0.3 is 19.9 Å². The molecule has 2 aliphatic heterocycles. The molecule has 1 unspecified atom stereocenters. The second-order valence-corrected chi connectivity index (χ2v) is 6.70.